The van der Waals surface area contributed by atoms with Crippen molar-refractivity contribution in [3.8, 4) is 0 Å². The molecule has 0 bridgehead atoms. The van der Waals surface area contributed by atoms with Gasteiger partial charge in [0.15, 0.2) is 6.10 Å². The van der Waals surface area contributed by atoms with Gasteiger partial charge in [0.05, 0.1) is 6.61 Å². The van der Waals surface area contributed by atoms with Gasteiger partial charge >= 0.3 is 0 Å². The van der Waals surface area contributed by atoms with E-state index < -0.39 is 30.3 Å². The lowest BCUT2D eigenvalue weighted by atomic mass is 10.0. The monoisotopic (exact) mass is 251 g/mol. The van der Waals surface area contributed by atoms with Crippen LogP contribution in [-0.4, -0.2) is 70.5 Å². The summed E-state index contributed by atoms with van der Waals surface area (Å²) >= 11 is 0. The molecule has 0 radical (unpaired) electrons. The molecule has 4 atom stereocenters. The molecule has 3 N–H and O–H groups in total. The minimum Gasteiger partial charge on any atom is -0.387 e. The Balaban J connectivity index is 4.76. The molecule has 102 valence electrons. The van der Waals surface area contributed by atoms with Crippen LogP contribution in [0.4, 0.5) is 0 Å². The third-order valence-corrected chi connectivity index (χ3v) is 2.46. The second-order valence-electron chi connectivity index (χ2n) is 3.48. The van der Waals surface area contributed by atoms with E-state index in [-0.39, 0.29) is 6.61 Å². The molecule has 0 unspecified atom stereocenters. The van der Waals surface area contributed by atoms with Crippen LogP contribution < -0.4 is 5.73 Å². The Kier molecular flexibility index (Phi) is 8.01. The molecule has 0 heterocycles. The first-order chi connectivity index (χ1) is 8.03. The Morgan fingerprint density at radius 2 is 1.76 bits per heavy atom. The SMILES string of the molecule is COC[C@@H](OC)[C@@H](O)[C@H](OC)[C@@H](OC)C(N)=O. The van der Waals surface area contributed by atoms with Gasteiger partial charge in [-0.1, -0.05) is 0 Å². The summed E-state index contributed by atoms with van der Waals surface area (Å²) in [7, 11) is 5.56. The van der Waals surface area contributed by atoms with Gasteiger partial charge in [-0.15, -0.1) is 0 Å². The minimum absolute atomic E-state index is 0.159. The van der Waals surface area contributed by atoms with Crippen molar-refractivity contribution in [1.82, 2.24) is 0 Å². The molecule has 0 fully saturated rings. The summed E-state index contributed by atoms with van der Waals surface area (Å²) in [4.78, 5) is 11.1. The van der Waals surface area contributed by atoms with E-state index in [1.165, 1.54) is 28.4 Å². The minimum atomic E-state index is -1.10. The molecule has 1 amide bonds. The molecule has 0 aromatic rings. The molecule has 0 rings (SSSR count). The van der Waals surface area contributed by atoms with Crippen molar-refractivity contribution in [1.29, 1.82) is 0 Å². The predicted octanol–water partition coefficient (Wildman–Crippen LogP) is -1.48. The van der Waals surface area contributed by atoms with Crippen LogP contribution in [0.15, 0.2) is 0 Å². The first-order valence-corrected chi connectivity index (χ1v) is 5.08. The Morgan fingerprint density at radius 3 is 2.06 bits per heavy atom. The standard InChI is InChI=1S/C10H21NO6/c1-14-5-6(15-2)7(12)8(16-3)9(17-4)10(11)13/h6-9,12H,5H2,1-4H3,(H2,11,13)/t6-,7-,8+,9-/m1/s1. The lowest BCUT2D eigenvalue weighted by Gasteiger charge is -2.30. The summed E-state index contributed by atoms with van der Waals surface area (Å²) < 4.78 is 19.9. The summed E-state index contributed by atoms with van der Waals surface area (Å²) in [6, 6.07) is 0. The van der Waals surface area contributed by atoms with Crippen molar-refractivity contribution in [2.75, 3.05) is 35.0 Å². The number of carbonyl (C=O) groups is 1. The van der Waals surface area contributed by atoms with E-state index in [2.05, 4.69) is 0 Å². The fraction of sp³-hybridized carbons (Fsp3) is 0.900. The van der Waals surface area contributed by atoms with E-state index in [0.29, 0.717) is 0 Å². The van der Waals surface area contributed by atoms with Crippen molar-refractivity contribution in [2.45, 2.75) is 24.4 Å². The third-order valence-electron chi connectivity index (χ3n) is 2.46. The topological polar surface area (TPSA) is 100 Å². The molecule has 0 aliphatic carbocycles. The lowest BCUT2D eigenvalue weighted by Crippen LogP contribution is -2.52. The fourth-order valence-corrected chi connectivity index (χ4v) is 1.54. The number of aliphatic hydroxyl groups is 1. The highest BCUT2D eigenvalue weighted by Crippen LogP contribution is 2.13. The van der Waals surface area contributed by atoms with Gasteiger partial charge in [-0.3, -0.25) is 4.79 Å². The zero-order valence-corrected chi connectivity index (χ0v) is 10.6. The van der Waals surface area contributed by atoms with Crippen molar-refractivity contribution in [3.05, 3.63) is 0 Å². The average molecular weight is 251 g/mol. The Labute approximate surface area is 101 Å². The summed E-state index contributed by atoms with van der Waals surface area (Å²) in [6.07, 6.45) is -3.70. The maximum atomic E-state index is 11.1. The van der Waals surface area contributed by atoms with E-state index in [4.69, 9.17) is 24.7 Å². The largest absolute Gasteiger partial charge is 0.387 e. The van der Waals surface area contributed by atoms with Crippen LogP contribution >= 0.6 is 0 Å². The molecule has 0 aromatic carbocycles. The zero-order chi connectivity index (χ0) is 13.4. The van der Waals surface area contributed by atoms with Crippen LogP contribution in [-0.2, 0) is 23.7 Å². The average Bonchev–Trinajstić information content (AvgIpc) is 2.31. The summed E-state index contributed by atoms with van der Waals surface area (Å²) in [5.74, 6) is -0.717. The molecular weight excluding hydrogens is 230 g/mol. The third kappa shape index (κ3) is 4.57. The molecule has 0 aliphatic rings. The zero-order valence-electron chi connectivity index (χ0n) is 10.6. The second kappa shape index (κ2) is 8.37. The van der Waals surface area contributed by atoms with Crippen LogP contribution in [0.5, 0.6) is 0 Å². The van der Waals surface area contributed by atoms with E-state index in [1.54, 1.807) is 0 Å². The van der Waals surface area contributed by atoms with E-state index in [0.717, 1.165) is 0 Å². The molecule has 0 spiro atoms. The van der Waals surface area contributed by atoms with E-state index >= 15 is 0 Å². The number of hydrogen-bond acceptors (Lipinski definition) is 6. The maximum absolute atomic E-state index is 11.1. The van der Waals surface area contributed by atoms with Crippen molar-refractivity contribution >= 4 is 5.91 Å². The number of aliphatic hydroxyl groups excluding tert-OH is 1. The van der Waals surface area contributed by atoms with Gasteiger partial charge in [0.25, 0.3) is 0 Å². The molecule has 0 aromatic heterocycles. The summed E-state index contributed by atoms with van der Waals surface area (Å²) in [5.41, 5.74) is 5.15. The van der Waals surface area contributed by atoms with Gasteiger partial charge in [-0.25, -0.2) is 0 Å². The van der Waals surface area contributed by atoms with Gasteiger partial charge < -0.3 is 29.8 Å². The van der Waals surface area contributed by atoms with Crippen LogP contribution in [0.1, 0.15) is 0 Å². The number of rotatable bonds is 9. The molecule has 0 aliphatic heterocycles. The summed E-state index contributed by atoms with van der Waals surface area (Å²) in [5, 5.41) is 10.0. The maximum Gasteiger partial charge on any atom is 0.249 e. The highest BCUT2D eigenvalue weighted by Gasteiger charge is 2.37. The van der Waals surface area contributed by atoms with Crippen LogP contribution in [0.2, 0.25) is 0 Å². The number of amides is 1. The second-order valence-corrected chi connectivity index (χ2v) is 3.48. The van der Waals surface area contributed by atoms with Crippen molar-refractivity contribution in [3.63, 3.8) is 0 Å². The Hall–Kier alpha value is -0.730. The van der Waals surface area contributed by atoms with Crippen LogP contribution in [0, 0.1) is 0 Å². The molecule has 7 nitrogen and oxygen atoms in total. The number of nitrogens with two attached hydrogens (primary N) is 1. The molecule has 17 heavy (non-hydrogen) atoms. The molecular formula is C10H21NO6. The number of ether oxygens (including phenoxy) is 4. The van der Waals surface area contributed by atoms with Gasteiger partial charge in [-0.05, 0) is 0 Å². The fourth-order valence-electron chi connectivity index (χ4n) is 1.54. The van der Waals surface area contributed by atoms with Crippen LogP contribution in [0.3, 0.4) is 0 Å². The number of carbonyl (C=O) groups excluding carboxylic acids is 1. The lowest BCUT2D eigenvalue weighted by molar-refractivity contribution is -0.161. The molecule has 0 saturated heterocycles. The first-order valence-electron chi connectivity index (χ1n) is 5.08. The van der Waals surface area contributed by atoms with E-state index in [1.807, 2.05) is 0 Å². The molecule has 7 heteroatoms. The number of primary amides is 1. The number of methoxy groups -OCH3 is 4. The quantitative estimate of drug-likeness (QED) is 0.518. The highest BCUT2D eigenvalue weighted by atomic mass is 16.6. The first kappa shape index (κ1) is 16.3. The highest BCUT2D eigenvalue weighted by molar-refractivity contribution is 5.79. The van der Waals surface area contributed by atoms with Crippen molar-refractivity contribution in [2.24, 2.45) is 5.73 Å². The Morgan fingerprint density at radius 1 is 1.18 bits per heavy atom. The van der Waals surface area contributed by atoms with Crippen LogP contribution in [0.25, 0.3) is 0 Å². The van der Waals surface area contributed by atoms with E-state index in [9.17, 15) is 9.90 Å². The normalized spacial score (nSPS) is 18.4. The summed E-state index contributed by atoms with van der Waals surface area (Å²) in [6.45, 7) is 0.159. The van der Waals surface area contributed by atoms with Gasteiger partial charge in [0.2, 0.25) is 5.91 Å². The van der Waals surface area contributed by atoms with Gasteiger partial charge in [0, 0.05) is 28.4 Å². The molecule has 0 saturated carbocycles. The van der Waals surface area contributed by atoms with Gasteiger partial charge in [0.1, 0.15) is 18.3 Å². The smallest absolute Gasteiger partial charge is 0.249 e. The predicted molar refractivity (Wildman–Crippen MR) is 59.5 cm³/mol. The van der Waals surface area contributed by atoms with Crippen molar-refractivity contribution < 1.29 is 28.8 Å². The van der Waals surface area contributed by atoms with Gasteiger partial charge in [-0.2, -0.15) is 0 Å². The Bertz CT molecular complexity index is 225. The number of hydrogen-bond donors (Lipinski definition) is 2.